The molecule has 4 rings (SSSR count). The van der Waals surface area contributed by atoms with Crippen molar-refractivity contribution in [1.82, 2.24) is 0 Å². The molecule has 156 valence electrons. The lowest BCUT2D eigenvalue weighted by Gasteiger charge is -2.11. The van der Waals surface area contributed by atoms with Crippen molar-refractivity contribution in [2.75, 3.05) is 13.7 Å². The van der Waals surface area contributed by atoms with E-state index in [1.165, 1.54) is 12.5 Å². The Morgan fingerprint density at radius 2 is 1.90 bits per heavy atom. The van der Waals surface area contributed by atoms with Crippen LogP contribution in [0.5, 0.6) is 11.5 Å². The number of nitrogens with zero attached hydrogens (tertiary/aromatic N) is 2. The molecule has 0 bridgehead atoms. The topological polar surface area (TPSA) is 94.0 Å². The van der Waals surface area contributed by atoms with E-state index in [-0.39, 0.29) is 11.4 Å². The summed E-state index contributed by atoms with van der Waals surface area (Å²) in [4.78, 5) is 4.45. The zero-order chi connectivity index (χ0) is 21.8. The first kappa shape index (κ1) is 20.8. The van der Waals surface area contributed by atoms with Gasteiger partial charge in [0.15, 0.2) is 23.0 Å². The van der Waals surface area contributed by atoms with Crippen LogP contribution in [0.2, 0.25) is 0 Å². The lowest BCUT2D eigenvalue weighted by atomic mass is 10.1. The number of halogens is 1. The van der Waals surface area contributed by atoms with Crippen molar-refractivity contribution in [3.63, 3.8) is 0 Å². The molecule has 0 N–H and O–H groups in total. The average molecular weight is 528 g/mol. The molecule has 0 unspecified atom stereocenters. The zero-order valence-corrected chi connectivity index (χ0v) is 18.9. The standard InChI is InChI=1S/C23H17IN2O5/c1-3-28-19-11-14(10-16(24)21(19)27-2)13-26-23-15(12-25)20(17-6-4-8-29-17)22(31-23)18-7-5-9-30-18/h4-11,13H,3H2,1-2H3. The Hall–Kier alpha value is -3.45. The SMILES string of the molecule is CCOc1cc(C=Nc2oc(-c3ccco3)c(-c3ccco3)c2C#N)cc(I)c1OC. The van der Waals surface area contributed by atoms with Gasteiger partial charge < -0.3 is 22.7 Å². The summed E-state index contributed by atoms with van der Waals surface area (Å²) in [5.74, 6) is 2.78. The molecule has 0 atom stereocenters. The average Bonchev–Trinajstić information content (AvgIpc) is 3.52. The van der Waals surface area contributed by atoms with Crippen LogP contribution in [0.4, 0.5) is 5.88 Å². The van der Waals surface area contributed by atoms with E-state index in [9.17, 15) is 5.26 Å². The molecule has 7 nitrogen and oxygen atoms in total. The number of ether oxygens (including phenoxy) is 2. The predicted molar refractivity (Wildman–Crippen MR) is 123 cm³/mol. The first-order valence-electron chi connectivity index (χ1n) is 9.35. The quantitative estimate of drug-likeness (QED) is 0.203. The zero-order valence-electron chi connectivity index (χ0n) is 16.7. The largest absolute Gasteiger partial charge is 0.492 e. The van der Waals surface area contributed by atoms with Gasteiger partial charge in [0.25, 0.3) is 0 Å². The van der Waals surface area contributed by atoms with Crippen LogP contribution in [0.15, 0.2) is 67.2 Å². The van der Waals surface area contributed by atoms with Gasteiger partial charge in [-0.3, -0.25) is 0 Å². The van der Waals surface area contributed by atoms with Crippen LogP contribution in [-0.4, -0.2) is 19.9 Å². The monoisotopic (exact) mass is 528 g/mol. The Morgan fingerprint density at radius 3 is 2.52 bits per heavy atom. The summed E-state index contributed by atoms with van der Waals surface area (Å²) in [5.41, 5.74) is 1.52. The molecule has 0 amide bonds. The van der Waals surface area contributed by atoms with Gasteiger partial charge in [0, 0.05) is 6.21 Å². The van der Waals surface area contributed by atoms with Gasteiger partial charge >= 0.3 is 0 Å². The summed E-state index contributed by atoms with van der Waals surface area (Å²) < 4.78 is 28.9. The van der Waals surface area contributed by atoms with E-state index in [2.05, 4.69) is 33.7 Å². The smallest absolute Gasteiger partial charge is 0.238 e. The van der Waals surface area contributed by atoms with E-state index in [1.54, 1.807) is 37.6 Å². The lowest BCUT2D eigenvalue weighted by molar-refractivity contribution is 0.309. The fourth-order valence-electron chi connectivity index (χ4n) is 3.11. The normalized spacial score (nSPS) is 11.0. The fraction of sp³-hybridized carbons (Fsp3) is 0.130. The third-order valence-corrected chi connectivity index (χ3v) is 5.18. The maximum atomic E-state index is 9.84. The molecule has 0 saturated heterocycles. The molecule has 8 heteroatoms. The summed E-state index contributed by atoms with van der Waals surface area (Å²) in [5, 5.41) is 9.84. The molecule has 31 heavy (non-hydrogen) atoms. The summed E-state index contributed by atoms with van der Waals surface area (Å²) in [6, 6.07) is 12.9. The van der Waals surface area contributed by atoms with E-state index >= 15 is 0 Å². The highest BCUT2D eigenvalue weighted by atomic mass is 127. The van der Waals surface area contributed by atoms with Crippen LogP contribution in [0.25, 0.3) is 22.8 Å². The van der Waals surface area contributed by atoms with Crippen LogP contribution in [0.1, 0.15) is 18.1 Å². The first-order chi connectivity index (χ1) is 15.2. The highest BCUT2D eigenvalue weighted by Gasteiger charge is 2.26. The van der Waals surface area contributed by atoms with Gasteiger partial charge in [-0.25, -0.2) is 4.99 Å². The molecule has 0 fully saturated rings. The van der Waals surface area contributed by atoms with Gasteiger partial charge in [-0.1, -0.05) is 0 Å². The molecule has 4 aromatic rings. The molecular weight excluding hydrogens is 511 g/mol. The molecule has 0 spiro atoms. The van der Waals surface area contributed by atoms with Gasteiger partial charge in [0.05, 0.1) is 35.4 Å². The van der Waals surface area contributed by atoms with Crippen molar-refractivity contribution < 1.29 is 22.7 Å². The van der Waals surface area contributed by atoms with Crippen molar-refractivity contribution in [2.45, 2.75) is 6.92 Å². The lowest BCUT2D eigenvalue weighted by Crippen LogP contribution is -1.98. The number of aliphatic imine (C=N–C) groups is 1. The van der Waals surface area contributed by atoms with Crippen molar-refractivity contribution in [3.8, 4) is 40.4 Å². The highest BCUT2D eigenvalue weighted by molar-refractivity contribution is 14.1. The van der Waals surface area contributed by atoms with E-state index < -0.39 is 0 Å². The van der Waals surface area contributed by atoms with E-state index in [1.807, 2.05) is 19.1 Å². The van der Waals surface area contributed by atoms with Crippen LogP contribution >= 0.6 is 22.6 Å². The second kappa shape index (κ2) is 9.14. The molecular formula is C23H17IN2O5. The van der Waals surface area contributed by atoms with Gasteiger partial charge in [-0.2, -0.15) is 5.26 Å². The van der Waals surface area contributed by atoms with Crippen LogP contribution in [-0.2, 0) is 0 Å². The van der Waals surface area contributed by atoms with Gasteiger partial charge in [0.1, 0.15) is 17.4 Å². The minimum absolute atomic E-state index is 0.157. The van der Waals surface area contributed by atoms with Gasteiger partial charge in [0.2, 0.25) is 5.88 Å². The van der Waals surface area contributed by atoms with Gasteiger partial charge in [-0.05, 0) is 71.5 Å². The third-order valence-electron chi connectivity index (χ3n) is 4.38. The minimum Gasteiger partial charge on any atom is -0.492 e. The predicted octanol–water partition coefficient (Wildman–Crippen LogP) is 6.43. The molecule has 0 aliphatic heterocycles. The minimum atomic E-state index is 0.157. The van der Waals surface area contributed by atoms with Crippen molar-refractivity contribution in [3.05, 3.63) is 63.6 Å². The fourth-order valence-corrected chi connectivity index (χ4v) is 3.95. The second-order valence-electron chi connectivity index (χ2n) is 6.28. The number of benzene rings is 1. The third kappa shape index (κ3) is 4.09. The number of nitriles is 1. The van der Waals surface area contributed by atoms with E-state index in [0.717, 1.165) is 9.13 Å². The number of methoxy groups -OCH3 is 1. The molecule has 3 aromatic heterocycles. The molecule has 0 aliphatic carbocycles. The Labute approximate surface area is 192 Å². The van der Waals surface area contributed by atoms with E-state index in [4.69, 9.17) is 22.7 Å². The Kier molecular flexibility index (Phi) is 6.13. The maximum absolute atomic E-state index is 9.84. The van der Waals surface area contributed by atoms with Gasteiger partial charge in [-0.15, -0.1) is 0 Å². The Morgan fingerprint density at radius 1 is 1.16 bits per heavy atom. The number of hydrogen-bond donors (Lipinski definition) is 0. The molecule has 0 aliphatic rings. The van der Waals surface area contributed by atoms with Crippen molar-refractivity contribution >= 4 is 34.7 Å². The summed E-state index contributed by atoms with van der Waals surface area (Å²) in [6.45, 7) is 2.41. The summed E-state index contributed by atoms with van der Waals surface area (Å²) >= 11 is 2.18. The summed E-state index contributed by atoms with van der Waals surface area (Å²) in [6.07, 6.45) is 4.68. The second-order valence-corrected chi connectivity index (χ2v) is 7.44. The molecule has 3 heterocycles. The molecule has 1 aromatic carbocycles. The van der Waals surface area contributed by atoms with Crippen LogP contribution in [0.3, 0.4) is 0 Å². The van der Waals surface area contributed by atoms with Crippen LogP contribution in [0, 0.1) is 14.9 Å². The Bertz CT molecular complexity index is 1250. The maximum Gasteiger partial charge on any atom is 0.238 e. The summed E-state index contributed by atoms with van der Waals surface area (Å²) in [7, 11) is 1.60. The van der Waals surface area contributed by atoms with E-state index in [0.29, 0.717) is 41.0 Å². The van der Waals surface area contributed by atoms with Crippen LogP contribution < -0.4 is 9.47 Å². The number of furan rings is 3. The van der Waals surface area contributed by atoms with Crippen molar-refractivity contribution in [1.29, 1.82) is 5.26 Å². The molecule has 0 saturated carbocycles. The Balaban J connectivity index is 1.80. The van der Waals surface area contributed by atoms with Crippen molar-refractivity contribution in [2.24, 2.45) is 4.99 Å². The number of hydrogen-bond acceptors (Lipinski definition) is 7. The first-order valence-corrected chi connectivity index (χ1v) is 10.4. The highest BCUT2D eigenvalue weighted by Crippen LogP contribution is 2.43. The molecule has 0 radical (unpaired) electrons. The number of rotatable bonds is 7.